The number of amides is 2. The molecule has 2 amide bonds. The molecule has 2 fully saturated rings. The summed E-state index contributed by atoms with van der Waals surface area (Å²) in [5.41, 5.74) is 0. The number of carboxylic acid groups (broad SMARTS) is 1. The molecule has 0 spiro atoms. The minimum Gasteiger partial charge on any atom is -0.480 e. The lowest BCUT2D eigenvalue weighted by Crippen LogP contribution is -2.61. The molecule has 0 aromatic carbocycles. The van der Waals surface area contributed by atoms with Crippen molar-refractivity contribution in [3.05, 3.63) is 0 Å². The Bertz CT molecular complexity index is 403. The molecule has 2 aliphatic rings. The van der Waals surface area contributed by atoms with Gasteiger partial charge < -0.3 is 24.7 Å². The predicted octanol–water partition coefficient (Wildman–Crippen LogP) is 0.373. The number of aliphatic hydroxyl groups is 1. The zero-order chi connectivity index (χ0) is 15.6. The Labute approximate surface area is 124 Å². The van der Waals surface area contributed by atoms with Gasteiger partial charge in [-0.1, -0.05) is 6.92 Å². The SMILES string of the molecule is CC1CCCN(C(=O)N2CC(CO)OCC2C)C1C(=O)O. The van der Waals surface area contributed by atoms with Gasteiger partial charge in [0.05, 0.1) is 31.9 Å². The first-order chi connectivity index (χ1) is 9.95. The number of aliphatic hydroxyl groups excluding tert-OH is 1. The number of morpholine rings is 1. The highest BCUT2D eigenvalue weighted by molar-refractivity contribution is 5.83. The zero-order valence-corrected chi connectivity index (χ0v) is 12.6. The smallest absolute Gasteiger partial charge is 0.326 e. The van der Waals surface area contributed by atoms with Crippen LogP contribution in [0.2, 0.25) is 0 Å². The van der Waals surface area contributed by atoms with Crippen LogP contribution >= 0.6 is 0 Å². The fourth-order valence-electron chi connectivity index (χ4n) is 3.14. The number of rotatable bonds is 2. The van der Waals surface area contributed by atoms with E-state index in [4.69, 9.17) is 4.74 Å². The number of aliphatic carboxylic acids is 1. The standard InChI is InChI=1S/C14H24N2O5/c1-9-4-3-5-15(12(9)13(18)19)14(20)16-6-11(7-17)21-8-10(16)2/h9-12,17H,3-8H2,1-2H3,(H,18,19). The number of nitrogens with zero attached hydrogens (tertiary/aromatic N) is 2. The molecule has 21 heavy (non-hydrogen) atoms. The van der Waals surface area contributed by atoms with E-state index in [0.29, 0.717) is 19.7 Å². The van der Waals surface area contributed by atoms with E-state index in [0.717, 1.165) is 12.8 Å². The first-order valence-corrected chi connectivity index (χ1v) is 7.48. The number of carbonyl (C=O) groups is 2. The van der Waals surface area contributed by atoms with Crippen molar-refractivity contribution < 1.29 is 24.5 Å². The van der Waals surface area contributed by atoms with Crippen LogP contribution in [0, 0.1) is 5.92 Å². The Morgan fingerprint density at radius 3 is 2.62 bits per heavy atom. The molecule has 4 unspecified atom stereocenters. The maximum absolute atomic E-state index is 12.7. The first-order valence-electron chi connectivity index (χ1n) is 7.48. The van der Waals surface area contributed by atoms with Crippen molar-refractivity contribution in [2.24, 2.45) is 5.92 Å². The third kappa shape index (κ3) is 3.29. The third-order valence-corrected chi connectivity index (χ3v) is 4.39. The Hall–Kier alpha value is -1.34. The van der Waals surface area contributed by atoms with Crippen LogP contribution in [-0.4, -0.2) is 76.5 Å². The van der Waals surface area contributed by atoms with Crippen molar-refractivity contribution in [1.29, 1.82) is 0 Å². The summed E-state index contributed by atoms with van der Waals surface area (Å²) in [5.74, 6) is -1.000. The molecular formula is C14H24N2O5. The molecule has 0 aliphatic carbocycles. The van der Waals surface area contributed by atoms with E-state index in [1.54, 1.807) is 4.90 Å². The lowest BCUT2D eigenvalue weighted by molar-refractivity contribution is -0.146. The normalized spacial score (nSPS) is 33.9. The average molecular weight is 300 g/mol. The van der Waals surface area contributed by atoms with Crippen LogP contribution in [0.1, 0.15) is 26.7 Å². The molecule has 2 saturated heterocycles. The summed E-state index contributed by atoms with van der Waals surface area (Å²) >= 11 is 0. The lowest BCUT2D eigenvalue weighted by atomic mass is 9.91. The Morgan fingerprint density at radius 1 is 1.29 bits per heavy atom. The molecule has 0 saturated carbocycles. The number of hydrogen-bond donors (Lipinski definition) is 2. The molecule has 7 heteroatoms. The van der Waals surface area contributed by atoms with E-state index in [-0.39, 0.29) is 24.6 Å². The van der Waals surface area contributed by atoms with Crippen LogP contribution in [0.3, 0.4) is 0 Å². The maximum Gasteiger partial charge on any atom is 0.326 e. The van der Waals surface area contributed by atoms with Gasteiger partial charge in [0.2, 0.25) is 0 Å². The number of carboxylic acids is 1. The number of ether oxygens (including phenoxy) is 1. The molecule has 0 bridgehead atoms. The van der Waals surface area contributed by atoms with Gasteiger partial charge in [0, 0.05) is 6.54 Å². The van der Waals surface area contributed by atoms with Gasteiger partial charge in [-0.15, -0.1) is 0 Å². The molecule has 0 aromatic heterocycles. The van der Waals surface area contributed by atoms with Crippen LogP contribution in [-0.2, 0) is 9.53 Å². The summed E-state index contributed by atoms with van der Waals surface area (Å²) in [5, 5.41) is 18.6. The molecule has 4 atom stereocenters. The summed E-state index contributed by atoms with van der Waals surface area (Å²) in [6.45, 7) is 4.72. The summed E-state index contributed by atoms with van der Waals surface area (Å²) in [6.07, 6.45) is 1.24. The van der Waals surface area contributed by atoms with E-state index in [1.165, 1.54) is 4.90 Å². The van der Waals surface area contributed by atoms with Gasteiger partial charge in [0.15, 0.2) is 0 Å². The van der Waals surface area contributed by atoms with Crippen molar-refractivity contribution in [3.8, 4) is 0 Å². The molecule has 0 aromatic rings. The molecule has 2 rings (SSSR count). The van der Waals surface area contributed by atoms with Crippen molar-refractivity contribution in [1.82, 2.24) is 9.80 Å². The summed E-state index contributed by atoms with van der Waals surface area (Å²) in [7, 11) is 0. The van der Waals surface area contributed by atoms with E-state index in [2.05, 4.69) is 0 Å². The number of piperidine rings is 1. The topological polar surface area (TPSA) is 90.3 Å². The van der Waals surface area contributed by atoms with Gasteiger partial charge in [-0.3, -0.25) is 0 Å². The van der Waals surface area contributed by atoms with E-state index >= 15 is 0 Å². The van der Waals surface area contributed by atoms with Crippen LogP contribution < -0.4 is 0 Å². The van der Waals surface area contributed by atoms with Gasteiger partial charge >= 0.3 is 12.0 Å². The number of carbonyl (C=O) groups excluding carboxylic acids is 1. The quantitative estimate of drug-likeness (QED) is 0.769. The minimum atomic E-state index is -0.949. The summed E-state index contributed by atoms with van der Waals surface area (Å²) in [4.78, 5) is 27.3. The molecule has 2 heterocycles. The van der Waals surface area contributed by atoms with Gasteiger partial charge in [-0.05, 0) is 25.7 Å². The molecule has 0 radical (unpaired) electrons. The number of hydrogen-bond acceptors (Lipinski definition) is 4. The maximum atomic E-state index is 12.7. The second kappa shape index (κ2) is 6.62. The number of urea groups is 1. The van der Waals surface area contributed by atoms with Gasteiger partial charge in [-0.25, -0.2) is 9.59 Å². The monoisotopic (exact) mass is 300 g/mol. The second-order valence-electron chi connectivity index (χ2n) is 6.02. The highest BCUT2D eigenvalue weighted by atomic mass is 16.5. The van der Waals surface area contributed by atoms with E-state index in [1.807, 2.05) is 13.8 Å². The zero-order valence-electron chi connectivity index (χ0n) is 12.6. The summed E-state index contributed by atoms with van der Waals surface area (Å²) < 4.78 is 5.42. The third-order valence-electron chi connectivity index (χ3n) is 4.39. The minimum absolute atomic E-state index is 0.0508. The largest absolute Gasteiger partial charge is 0.480 e. The van der Waals surface area contributed by atoms with Crippen LogP contribution in [0.25, 0.3) is 0 Å². The van der Waals surface area contributed by atoms with Crippen molar-refractivity contribution in [2.45, 2.75) is 44.9 Å². The fourth-order valence-corrected chi connectivity index (χ4v) is 3.14. The van der Waals surface area contributed by atoms with Crippen molar-refractivity contribution in [3.63, 3.8) is 0 Å². The molecule has 2 aliphatic heterocycles. The predicted molar refractivity (Wildman–Crippen MR) is 74.9 cm³/mol. The van der Waals surface area contributed by atoms with Gasteiger partial charge in [0.1, 0.15) is 6.04 Å². The highest BCUT2D eigenvalue weighted by Crippen LogP contribution is 2.26. The van der Waals surface area contributed by atoms with Crippen molar-refractivity contribution >= 4 is 12.0 Å². The van der Waals surface area contributed by atoms with E-state index < -0.39 is 18.1 Å². The van der Waals surface area contributed by atoms with Gasteiger partial charge in [-0.2, -0.15) is 0 Å². The van der Waals surface area contributed by atoms with Crippen LogP contribution in [0.5, 0.6) is 0 Å². The van der Waals surface area contributed by atoms with Crippen molar-refractivity contribution in [2.75, 3.05) is 26.3 Å². The van der Waals surface area contributed by atoms with Crippen LogP contribution in [0.4, 0.5) is 4.79 Å². The molecule has 2 N–H and O–H groups in total. The number of likely N-dealkylation sites (tertiary alicyclic amines) is 1. The Kier molecular flexibility index (Phi) is 5.05. The van der Waals surface area contributed by atoms with Gasteiger partial charge in [0.25, 0.3) is 0 Å². The molecular weight excluding hydrogens is 276 g/mol. The lowest BCUT2D eigenvalue weighted by Gasteiger charge is -2.44. The second-order valence-corrected chi connectivity index (χ2v) is 6.02. The van der Waals surface area contributed by atoms with Crippen LogP contribution in [0.15, 0.2) is 0 Å². The molecule has 120 valence electrons. The fraction of sp³-hybridized carbons (Fsp3) is 0.857. The Morgan fingerprint density at radius 2 is 2.00 bits per heavy atom. The van der Waals surface area contributed by atoms with E-state index in [9.17, 15) is 19.8 Å². The highest BCUT2D eigenvalue weighted by Gasteiger charge is 2.41. The molecule has 7 nitrogen and oxygen atoms in total. The average Bonchev–Trinajstić information content (AvgIpc) is 2.46. The first kappa shape index (κ1) is 16.0. The summed E-state index contributed by atoms with van der Waals surface area (Å²) in [6, 6.07) is -1.15. The Balaban J connectivity index is 2.14.